The maximum Gasteiger partial charge on any atom is 0.220 e. The van der Waals surface area contributed by atoms with Crippen molar-refractivity contribution < 1.29 is 4.39 Å². The summed E-state index contributed by atoms with van der Waals surface area (Å²) in [7, 11) is 0. The van der Waals surface area contributed by atoms with E-state index in [1.165, 1.54) is 11.8 Å². The van der Waals surface area contributed by atoms with Crippen molar-refractivity contribution in [1.82, 2.24) is 15.0 Å². The molecule has 0 N–H and O–H groups in total. The normalized spacial score (nSPS) is 10.9. The lowest BCUT2D eigenvalue weighted by molar-refractivity contribution is 0.588. The first-order chi connectivity index (χ1) is 10.6. The molecule has 0 atom stereocenters. The zero-order valence-corrected chi connectivity index (χ0v) is 12.5. The van der Waals surface area contributed by atoms with Gasteiger partial charge in [-0.1, -0.05) is 38.1 Å². The zero-order valence-electron chi connectivity index (χ0n) is 12.5. The molecule has 0 amide bonds. The molecule has 0 saturated carbocycles. The number of aromatic nitrogens is 3. The fraction of sp³-hybridized carbons (Fsp3) is 0.167. The van der Waals surface area contributed by atoms with Gasteiger partial charge in [-0.25, -0.2) is 15.0 Å². The molecule has 0 bridgehead atoms. The largest absolute Gasteiger partial charge is 0.237 e. The summed E-state index contributed by atoms with van der Waals surface area (Å²) in [6.45, 7) is 4.26. The Morgan fingerprint density at radius 3 is 2.23 bits per heavy atom. The van der Waals surface area contributed by atoms with Gasteiger partial charge in [0.1, 0.15) is 0 Å². The minimum atomic E-state index is -0.489. The number of pyridine rings is 1. The van der Waals surface area contributed by atoms with E-state index in [0.29, 0.717) is 22.9 Å². The van der Waals surface area contributed by atoms with Crippen LogP contribution in [0.3, 0.4) is 0 Å². The standard InChI is InChI=1S/C18H16FN3/c1-12(2)13-4-6-14(7-5-13)16-10-15(11-22-17(16)19)18-20-8-3-9-21-18/h3-12H,1-2H3. The Bertz CT molecular complexity index is 768. The molecule has 0 saturated heterocycles. The smallest absolute Gasteiger partial charge is 0.220 e. The highest BCUT2D eigenvalue weighted by atomic mass is 19.1. The predicted molar refractivity (Wildman–Crippen MR) is 84.7 cm³/mol. The van der Waals surface area contributed by atoms with Crippen LogP contribution < -0.4 is 0 Å². The summed E-state index contributed by atoms with van der Waals surface area (Å²) in [6, 6.07) is 11.4. The molecule has 0 spiro atoms. The first-order valence-electron chi connectivity index (χ1n) is 7.18. The van der Waals surface area contributed by atoms with E-state index < -0.39 is 5.95 Å². The molecule has 3 aromatic rings. The van der Waals surface area contributed by atoms with Crippen molar-refractivity contribution in [2.24, 2.45) is 0 Å². The van der Waals surface area contributed by atoms with Gasteiger partial charge in [0.05, 0.1) is 0 Å². The quantitative estimate of drug-likeness (QED) is 0.669. The summed E-state index contributed by atoms with van der Waals surface area (Å²) in [5.41, 5.74) is 3.18. The second-order valence-electron chi connectivity index (χ2n) is 5.41. The third kappa shape index (κ3) is 2.86. The number of nitrogens with zero attached hydrogens (tertiary/aromatic N) is 3. The van der Waals surface area contributed by atoms with Crippen molar-refractivity contribution in [3.05, 3.63) is 66.5 Å². The maximum absolute atomic E-state index is 14.1. The third-order valence-corrected chi connectivity index (χ3v) is 3.55. The zero-order chi connectivity index (χ0) is 15.5. The van der Waals surface area contributed by atoms with E-state index >= 15 is 0 Å². The van der Waals surface area contributed by atoms with Crippen LogP contribution in [0.25, 0.3) is 22.5 Å². The fourth-order valence-corrected chi connectivity index (χ4v) is 2.27. The topological polar surface area (TPSA) is 38.7 Å². The molecule has 2 aromatic heterocycles. The van der Waals surface area contributed by atoms with Gasteiger partial charge in [-0.05, 0) is 29.2 Å². The van der Waals surface area contributed by atoms with Crippen LogP contribution in [0, 0.1) is 5.95 Å². The molecular weight excluding hydrogens is 277 g/mol. The van der Waals surface area contributed by atoms with Crippen LogP contribution in [0.2, 0.25) is 0 Å². The average Bonchev–Trinajstić information content (AvgIpc) is 2.56. The Morgan fingerprint density at radius 2 is 1.59 bits per heavy atom. The molecule has 4 heteroatoms. The van der Waals surface area contributed by atoms with Crippen LogP contribution in [0.4, 0.5) is 4.39 Å². The second kappa shape index (κ2) is 6.02. The second-order valence-corrected chi connectivity index (χ2v) is 5.41. The Morgan fingerprint density at radius 1 is 0.909 bits per heavy atom. The van der Waals surface area contributed by atoms with Crippen LogP contribution in [0.5, 0.6) is 0 Å². The van der Waals surface area contributed by atoms with Gasteiger partial charge in [0.25, 0.3) is 0 Å². The first kappa shape index (κ1) is 14.3. The van der Waals surface area contributed by atoms with Gasteiger partial charge in [-0.15, -0.1) is 0 Å². The van der Waals surface area contributed by atoms with E-state index in [0.717, 1.165) is 5.56 Å². The third-order valence-electron chi connectivity index (χ3n) is 3.55. The Labute approximate surface area is 128 Å². The number of rotatable bonds is 3. The van der Waals surface area contributed by atoms with Crippen molar-refractivity contribution in [2.45, 2.75) is 19.8 Å². The average molecular weight is 293 g/mol. The Hall–Kier alpha value is -2.62. The van der Waals surface area contributed by atoms with E-state index in [-0.39, 0.29) is 0 Å². The van der Waals surface area contributed by atoms with Crippen LogP contribution >= 0.6 is 0 Å². The summed E-state index contributed by atoms with van der Waals surface area (Å²) in [5.74, 6) is 0.494. The van der Waals surface area contributed by atoms with Crippen molar-refractivity contribution in [1.29, 1.82) is 0 Å². The molecule has 0 aliphatic rings. The minimum Gasteiger partial charge on any atom is -0.237 e. The van der Waals surface area contributed by atoms with Crippen molar-refractivity contribution >= 4 is 0 Å². The van der Waals surface area contributed by atoms with Gasteiger partial charge in [-0.3, -0.25) is 0 Å². The number of hydrogen-bond donors (Lipinski definition) is 0. The highest BCUT2D eigenvalue weighted by molar-refractivity contribution is 5.69. The summed E-state index contributed by atoms with van der Waals surface area (Å²) >= 11 is 0. The predicted octanol–water partition coefficient (Wildman–Crippen LogP) is 4.47. The molecule has 22 heavy (non-hydrogen) atoms. The van der Waals surface area contributed by atoms with Gasteiger partial charge in [0.2, 0.25) is 5.95 Å². The lowest BCUT2D eigenvalue weighted by Crippen LogP contribution is -1.94. The molecule has 0 aliphatic heterocycles. The monoisotopic (exact) mass is 293 g/mol. The molecule has 1 aromatic carbocycles. The lowest BCUT2D eigenvalue weighted by Gasteiger charge is -2.08. The van der Waals surface area contributed by atoms with Gasteiger partial charge >= 0.3 is 0 Å². The minimum absolute atomic E-state index is 0.445. The van der Waals surface area contributed by atoms with Gasteiger partial charge in [-0.2, -0.15) is 4.39 Å². The van der Waals surface area contributed by atoms with Gasteiger partial charge < -0.3 is 0 Å². The number of hydrogen-bond acceptors (Lipinski definition) is 3. The summed E-state index contributed by atoms with van der Waals surface area (Å²) in [5, 5.41) is 0. The van der Waals surface area contributed by atoms with Crippen LogP contribution in [0.1, 0.15) is 25.3 Å². The van der Waals surface area contributed by atoms with E-state index in [2.05, 4.69) is 28.8 Å². The highest BCUT2D eigenvalue weighted by Crippen LogP contribution is 2.27. The van der Waals surface area contributed by atoms with E-state index in [1.807, 2.05) is 24.3 Å². The Kier molecular flexibility index (Phi) is 3.92. The summed E-state index contributed by atoms with van der Waals surface area (Å²) < 4.78 is 14.1. The summed E-state index contributed by atoms with van der Waals surface area (Å²) in [6.07, 6.45) is 4.77. The van der Waals surface area contributed by atoms with E-state index in [9.17, 15) is 4.39 Å². The van der Waals surface area contributed by atoms with Crippen molar-refractivity contribution in [3.8, 4) is 22.5 Å². The molecule has 3 nitrogen and oxygen atoms in total. The van der Waals surface area contributed by atoms with Crippen LogP contribution in [-0.4, -0.2) is 15.0 Å². The SMILES string of the molecule is CC(C)c1ccc(-c2cc(-c3ncccn3)cnc2F)cc1. The molecule has 0 aliphatic carbocycles. The highest BCUT2D eigenvalue weighted by Gasteiger charge is 2.10. The molecular formula is C18H16FN3. The molecule has 110 valence electrons. The summed E-state index contributed by atoms with van der Waals surface area (Å²) in [4.78, 5) is 12.2. The van der Waals surface area contributed by atoms with Crippen molar-refractivity contribution in [3.63, 3.8) is 0 Å². The van der Waals surface area contributed by atoms with Crippen LogP contribution in [-0.2, 0) is 0 Å². The molecule has 3 rings (SSSR count). The van der Waals surface area contributed by atoms with Crippen LogP contribution in [0.15, 0.2) is 55.0 Å². The van der Waals surface area contributed by atoms with Gasteiger partial charge in [0, 0.05) is 29.7 Å². The molecule has 0 fully saturated rings. The number of benzene rings is 1. The Balaban J connectivity index is 2.03. The van der Waals surface area contributed by atoms with Gasteiger partial charge in [0.15, 0.2) is 5.82 Å². The first-order valence-corrected chi connectivity index (χ1v) is 7.18. The molecule has 0 radical (unpaired) electrons. The number of halogens is 1. The maximum atomic E-state index is 14.1. The molecule has 2 heterocycles. The van der Waals surface area contributed by atoms with Crippen molar-refractivity contribution in [2.75, 3.05) is 0 Å². The van der Waals surface area contributed by atoms with E-state index in [4.69, 9.17) is 0 Å². The lowest BCUT2D eigenvalue weighted by atomic mass is 9.99. The fourth-order valence-electron chi connectivity index (χ4n) is 2.27. The van der Waals surface area contributed by atoms with E-state index in [1.54, 1.807) is 24.5 Å². The molecule has 0 unspecified atom stereocenters.